The fourth-order valence-corrected chi connectivity index (χ4v) is 8.64. The van der Waals surface area contributed by atoms with Gasteiger partial charge < -0.3 is 13.6 Å². The summed E-state index contributed by atoms with van der Waals surface area (Å²) in [4.78, 5) is 14.9. The number of nitrogens with zero attached hydrogens (tertiary/aromatic N) is 5. The fraction of sp³-hybridized carbons (Fsp3) is 0. The molecule has 6 heteroatoms. The fourth-order valence-electron chi connectivity index (χ4n) is 8.64. The molecule has 12 rings (SSSR count). The molecule has 8 aromatic carbocycles. The molecule has 0 bridgehead atoms. The van der Waals surface area contributed by atoms with E-state index in [0.29, 0.717) is 17.5 Å². The van der Waals surface area contributed by atoms with Crippen molar-refractivity contribution in [2.45, 2.75) is 0 Å². The third-order valence-electron chi connectivity index (χ3n) is 11.2. The molecule has 0 radical (unpaired) electrons. The highest BCUT2D eigenvalue weighted by atomic mass is 16.3. The number of hydrogen-bond donors (Lipinski definition) is 0. The highest BCUT2D eigenvalue weighted by molar-refractivity contribution is 6.32. The lowest BCUT2D eigenvalue weighted by Gasteiger charge is -2.11. The van der Waals surface area contributed by atoms with Crippen LogP contribution in [0.3, 0.4) is 0 Å². The molecule has 0 unspecified atom stereocenters. The van der Waals surface area contributed by atoms with Crippen LogP contribution in [0.4, 0.5) is 0 Å². The molecule has 6 nitrogen and oxygen atoms in total. The second kappa shape index (κ2) is 12.3. The molecule has 266 valence electrons. The van der Waals surface area contributed by atoms with Crippen LogP contribution < -0.4 is 0 Å². The summed E-state index contributed by atoms with van der Waals surface area (Å²) in [5.41, 5.74) is 11.2. The van der Waals surface area contributed by atoms with Crippen LogP contribution in [0, 0.1) is 0 Å². The number of para-hydroxylation sites is 3. The Morgan fingerprint density at radius 3 is 1.51 bits per heavy atom. The number of benzene rings is 8. The molecule has 0 aliphatic rings. The van der Waals surface area contributed by atoms with E-state index in [1.807, 2.05) is 66.7 Å². The van der Waals surface area contributed by atoms with Crippen molar-refractivity contribution < 1.29 is 4.42 Å². The number of furan rings is 1. The lowest BCUT2D eigenvalue weighted by atomic mass is 10.1. The van der Waals surface area contributed by atoms with Crippen molar-refractivity contribution in [1.29, 1.82) is 0 Å². The smallest absolute Gasteiger partial charge is 0.164 e. The quantitative estimate of drug-likeness (QED) is 0.177. The van der Waals surface area contributed by atoms with Crippen LogP contribution >= 0.6 is 0 Å². The van der Waals surface area contributed by atoms with Crippen molar-refractivity contribution in [2.24, 2.45) is 0 Å². The SMILES string of the molecule is c1ccc(-c2nc(-c3ccccc3)nc(-c3ccc(-n4c5ccccc5c5ccc6c(c7c8oc9ccccc9c8ccc7n6-c6ccccc6)c54)cc3)n2)cc1. The zero-order chi connectivity index (χ0) is 37.5. The van der Waals surface area contributed by atoms with Gasteiger partial charge in [-0.2, -0.15) is 0 Å². The second-order valence-electron chi connectivity index (χ2n) is 14.4. The first-order chi connectivity index (χ1) is 28.3. The summed E-state index contributed by atoms with van der Waals surface area (Å²) in [6.45, 7) is 0. The molecule has 0 fully saturated rings. The van der Waals surface area contributed by atoms with E-state index in [-0.39, 0.29) is 0 Å². The first-order valence-electron chi connectivity index (χ1n) is 19.1. The molecular weight excluding hydrogens is 699 g/mol. The summed E-state index contributed by atoms with van der Waals surface area (Å²) in [5.74, 6) is 1.90. The van der Waals surface area contributed by atoms with Crippen LogP contribution in [-0.2, 0) is 0 Å². The third-order valence-corrected chi connectivity index (χ3v) is 11.2. The Labute approximate surface area is 326 Å². The van der Waals surface area contributed by atoms with Gasteiger partial charge in [-0.05, 0) is 66.7 Å². The van der Waals surface area contributed by atoms with Gasteiger partial charge in [0.1, 0.15) is 11.2 Å². The van der Waals surface area contributed by atoms with Crippen molar-refractivity contribution in [3.63, 3.8) is 0 Å². The Hall–Kier alpha value is -7.83. The monoisotopic (exact) mass is 729 g/mol. The summed E-state index contributed by atoms with van der Waals surface area (Å²) in [6, 6.07) is 65.4. The average molecular weight is 730 g/mol. The largest absolute Gasteiger partial charge is 0.455 e. The highest BCUT2D eigenvalue weighted by Gasteiger charge is 2.24. The van der Waals surface area contributed by atoms with Crippen LogP contribution in [0.5, 0.6) is 0 Å². The molecule has 0 saturated heterocycles. The lowest BCUT2D eigenvalue weighted by molar-refractivity contribution is 0.673. The third kappa shape index (κ3) is 4.81. The van der Waals surface area contributed by atoms with Crippen LogP contribution in [0.25, 0.3) is 111 Å². The number of fused-ring (bicyclic) bond motifs is 11. The van der Waals surface area contributed by atoms with Crippen LogP contribution in [0.15, 0.2) is 192 Å². The number of aromatic nitrogens is 5. The maximum absolute atomic E-state index is 6.80. The van der Waals surface area contributed by atoms with E-state index in [1.54, 1.807) is 0 Å². The van der Waals surface area contributed by atoms with Crippen LogP contribution in [-0.4, -0.2) is 24.1 Å². The highest BCUT2D eigenvalue weighted by Crippen LogP contribution is 2.45. The molecule has 0 saturated carbocycles. The molecule has 4 heterocycles. The second-order valence-corrected chi connectivity index (χ2v) is 14.4. The van der Waals surface area contributed by atoms with E-state index in [0.717, 1.165) is 82.8 Å². The maximum Gasteiger partial charge on any atom is 0.164 e. The molecule has 0 aliphatic heterocycles. The van der Waals surface area contributed by atoms with Crippen LogP contribution in [0.2, 0.25) is 0 Å². The van der Waals surface area contributed by atoms with Gasteiger partial charge in [-0.1, -0.05) is 121 Å². The topological polar surface area (TPSA) is 61.7 Å². The van der Waals surface area contributed by atoms with Crippen LogP contribution in [0.1, 0.15) is 0 Å². The standard InChI is InChI=1S/C51H31N5O/c1-4-14-32(15-5-1)49-52-50(33-16-6-2-7-17-33)54-51(53-49)34-24-26-36(27-25-34)56-41-22-12-10-20-37(41)39-28-30-42-45(47(39)56)46-43(55(42)35-18-8-3-9-19-35)31-29-40-38-21-11-13-23-44(38)57-48(40)46/h1-31H. The van der Waals surface area contributed by atoms with E-state index >= 15 is 0 Å². The van der Waals surface area contributed by atoms with E-state index in [9.17, 15) is 0 Å². The Kier molecular flexibility index (Phi) is 6.83. The first kappa shape index (κ1) is 31.5. The minimum Gasteiger partial charge on any atom is -0.455 e. The zero-order valence-electron chi connectivity index (χ0n) is 30.5. The minimum absolute atomic E-state index is 0.622. The Bertz CT molecular complexity index is 3430. The van der Waals surface area contributed by atoms with Gasteiger partial charge in [0.25, 0.3) is 0 Å². The summed E-state index contributed by atoms with van der Waals surface area (Å²) in [6.07, 6.45) is 0. The van der Waals surface area contributed by atoms with Gasteiger partial charge in [-0.15, -0.1) is 0 Å². The predicted octanol–water partition coefficient (Wildman–Crippen LogP) is 13.0. The summed E-state index contributed by atoms with van der Waals surface area (Å²) in [5, 5.41) is 6.83. The van der Waals surface area contributed by atoms with E-state index < -0.39 is 0 Å². The van der Waals surface area contributed by atoms with Gasteiger partial charge in [-0.3, -0.25) is 0 Å². The summed E-state index contributed by atoms with van der Waals surface area (Å²) < 4.78 is 11.6. The number of hydrogen-bond acceptors (Lipinski definition) is 4. The van der Waals surface area contributed by atoms with Gasteiger partial charge in [-0.25, -0.2) is 15.0 Å². The van der Waals surface area contributed by atoms with E-state index in [4.69, 9.17) is 19.4 Å². The van der Waals surface area contributed by atoms with Gasteiger partial charge in [0.2, 0.25) is 0 Å². The Morgan fingerprint density at radius 1 is 0.333 bits per heavy atom. The normalized spacial score (nSPS) is 11.9. The van der Waals surface area contributed by atoms with Gasteiger partial charge in [0.05, 0.1) is 27.5 Å². The molecule has 0 aliphatic carbocycles. The molecule has 0 atom stereocenters. The van der Waals surface area contributed by atoms with Crippen molar-refractivity contribution in [2.75, 3.05) is 0 Å². The Morgan fingerprint density at radius 2 is 0.842 bits per heavy atom. The van der Waals surface area contributed by atoms with E-state index in [2.05, 4.69) is 130 Å². The minimum atomic E-state index is 0.622. The van der Waals surface area contributed by atoms with Crippen molar-refractivity contribution in [3.8, 4) is 45.5 Å². The molecular formula is C51H31N5O. The molecule has 4 aromatic heterocycles. The zero-order valence-corrected chi connectivity index (χ0v) is 30.5. The Balaban J connectivity index is 1.13. The van der Waals surface area contributed by atoms with Gasteiger partial charge >= 0.3 is 0 Å². The molecule has 57 heavy (non-hydrogen) atoms. The van der Waals surface area contributed by atoms with Gasteiger partial charge in [0.15, 0.2) is 17.5 Å². The first-order valence-corrected chi connectivity index (χ1v) is 19.1. The predicted molar refractivity (Wildman–Crippen MR) is 232 cm³/mol. The van der Waals surface area contributed by atoms with Crippen molar-refractivity contribution in [3.05, 3.63) is 188 Å². The molecule has 0 amide bonds. The maximum atomic E-state index is 6.80. The summed E-state index contributed by atoms with van der Waals surface area (Å²) >= 11 is 0. The van der Waals surface area contributed by atoms with E-state index in [1.165, 1.54) is 10.8 Å². The lowest BCUT2D eigenvalue weighted by Crippen LogP contribution is -2.00. The number of rotatable bonds is 5. The average Bonchev–Trinajstić information content (AvgIpc) is 3.95. The van der Waals surface area contributed by atoms with Gasteiger partial charge in [0, 0.05) is 55.0 Å². The molecule has 0 N–H and O–H groups in total. The molecule has 12 aromatic rings. The summed E-state index contributed by atoms with van der Waals surface area (Å²) in [7, 11) is 0. The van der Waals surface area contributed by atoms with Crippen molar-refractivity contribution >= 4 is 65.6 Å². The molecule has 0 spiro atoms. The van der Waals surface area contributed by atoms with Crippen molar-refractivity contribution in [1.82, 2.24) is 24.1 Å².